The number of carbonyl (C=O) groups is 2. The van der Waals surface area contributed by atoms with Gasteiger partial charge in [-0.1, -0.05) is 23.5 Å². The number of rotatable bonds is 4. The van der Waals surface area contributed by atoms with Gasteiger partial charge in [0.1, 0.15) is 6.54 Å². The molecule has 2 heterocycles. The summed E-state index contributed by atoms with van der Waals surface area (Å²) in [5.41, 5.74) is 2.11. The van der Waals surface area contributed by atoms with Crippen LogP contribution in [0.5, 0.6) is 0 Å². The average Bonchev–Trinajstić information content (AvgIpc) is 3.22. The van der Waals surface area contributed by atoms with Crippen molar-refractivity contribution < 1.29 is 18.4 Å². The maximum Gasteiger partial charge on any atom is 0.325 e. The van der Waals surface area contributed by atoms with E-state index in [1.54, 1.807) is 0 Å². The van der Waals surface area contributed by atoms with Gasteiger partial charge in [0.15, 0.2) is 16.8 Å². The van der Waals surface area contributed by atoms with Gasteiger partial charge in [0, 0.05) is 24.8 Å². The number of aromatic nitrogens is 1. The lowest BCUT2D eigenvalue weighted by Crippen LogP contribution is -2.37. The van der Waals surface area contributed by atoms with Gasteiger partial charge in [-0.2, -0.15) is 0 Å². The highest BCUT2D eigenvalue weighted by atomic mass is 32.1. The molecule has 1 fully saturated rings. The predicted octanol–water partition coefficient (Wildman–Crippen LogP) is 3.76. The molecular weight excluding hydrogens is 386 g/mol. The standard InChI is InChI=1S/C19H16F2N4O2S/c1-11-3-2-4-15-17(11)23-18(28-15)22-16(26)10-24-7-8-25(19(24)27)12-5-6-13(20)14(21)9-12/h2-6,9H,7-8,10H2,1H3,(H,22,23,26). The molecule has 3 aromatic rings. The molecule has 0 atom stereocenters. The van der Waals surface area contributed by atoms with Crippen molar-refractivity contribution in [1.82, 2.24) is 9.88 Å². The van der Waals surface area contributed by atoms with Crippen LogP contribution in [-0.2, 0) is 4.79 Å². The van der Waals surface area contributed by atoms with E-state index in [0.29, 0.717) is 11.7 Å². The minimum absolute atomic E-state index is 0.145. The average molecular weight is 402 g/mol. The zero-order chi connectivity index (χ0) is 19.8. The maximum absolute atomic E-state index is 13.4. The van der Waals surface area contributed by atoms with Crippen LogP contribution in [0.25, 0.3) is 10.2 Å². The molecule has 28 heavy (non-hydrogen) atoms. The molecule has 1 saturated heterocycles. The number of nitrogens with one attached hydrogen (secondary N) is 1. The van der Waals surface area contributed by atoms with Crippen molar-refractivity contribution in [2.24, 2.45) is 0 Å². The first kappa shape index (κ1) is 18.3. The van der Waals surface area contributed by atoms with Gasteiger partial charge in [-0.05, 0) is 30.7 Å². The van der Waals surface area contributed by atoms with Crippen molar-refractivity contribution in [3.63, 3.8) is 0 Å². The SMILES string of the molecule is Cc1cccc2sc(NC(=O)CN3CCN(c4ccc(F)c(F)c4)C3=O)nc12. The van der Waals surface area contributed by atoms with Crippen LogP contribution in [0.4, 0.5) is 24.4 Å². The van der Waals surface area contributed by atoms with Crippen LogP contribution in [0.15, 0.2) is 36.4 Å². The van der Waals surface area contributed by atoms with Crippen LogP contribution in [0.3, 0.4) is 0 Å². The summed E-state index contributed by atoms with van der Waals surface area (Å²) in [5, 5.41) is 3.19. The molecule has 1 aromatic heterocycles. The lowest BCUT2D eigenvalue weighted by atomic mass is 10.2. The van der Waals surface area contributed by atoms with Gasteiger partial charge in [0.2, 0.25) is 5.91 Å². The zero-order valence-corrected chi connectivity index (χ0v) is 15.7. The first-order valence-corrected chi connectivity index (χ1v) is 9.41. The minimum atomic E-state index is -1.02. The zero-order valence-electron chi connectivity index (χ0n) is 14.9. The van der Waals surface area contributed by atoms with E-state index in [1.807, 2.05) is 25.1 Å². The first-order valence-electron chi connectivity index (χ1n) is 8.60. The van der Waals surface area contributed by atoms with Crippen molar-refractivity contribution >= 4 is 44.3 Å². The van der Waals surface area contributed by atoms with E-state index in [9.17, 15) is 18.4 Å². The molecule has 144 valence electrons. The second-order valence-electron chi connectivity index (χ2n) is 6.44. The van der Waals surface area contributed by atoms with Crippen LogP contribution >= 0.6 is 11.3 Å². The van der Waals surface area contributed by atoms with Gasteiger partial charge < -0.3 is 10.2 Å². The topological polar surface area (TPSA) is 65.5 Å². The van der Waals surface area contributed by atoms with Crippen molar-refractivity contribution in [3.05, 3.63) is 53.6 Å². The number of aryl methyl sites for hydroxylation is 1. The van der Waals surface area contributed by atoms with Crippen LogP contribution in [0, 0.1) is 18.6 Å². The van der Waals surface area contributed by atoms with E-state index < -0.39 is 17.7 Å². The minimum Gasteiger partial charge on any atom is -0.313 e. The second kappa shape index (κ2) is 7.16. The van der Waals surface area contributed by atoms with Crippen LogP contribution in [0.2, 0.25) is 0 Å². The maximum atomic E-state index is 13.4. The van der Waals surface area contributed by atoms with Crippen molar-refractivity contribution in [1.29, 1.82) is 0 Å². The molecule has 0 spiro atoms. The summed E-state index contributed by atoms with van der Waals surface area (Å²) in [5.74, 6) is -2.36. The van der Waals surface area contributed by atoms with Crippen LogP contribution < -0.4 is 10.2 Å². The highest BCUT2D eigenvalue weighted by Crippen LogP contribution is 2.28. The largest absolute Gasteiger partial charge is 0.325 e. The number of benzene rings is 2. The van der Waals surface area contributed by atoms with Gasteiger partial charge in [-0.15, -0.1) is 0 Å². The second-order valence-corrected chi connectivity index (χ2v) is 7.47. The Balaban J connectivity index is 1.42. The Kier molecular flexibility index (Phi) is 4.68. The van der Waals surface area contributed by atoms with E-state index in [4.69, 9.17) is 0 Å². The number of amides is 3. The summed E-state index contributed by atoms with van der Waals surface area (Å²) in [6, 6.07) is 8.66. The number of urea groups is 1. The predicted molar refractivity (Wildman–Crippen MR) is 104 cm³/mol. The van der Waals surface area contributed by atoms with Crippen molar-refractivity contribution in [2.75, 3.05) is 29.9 Å². The monoisotopic (exact) mass is 402 g/mol. The van der Waals surface area contributed by atoms with Crippen LogP contribution in [0.1, 0.15) is 5.56 Å². The van der Waals surface area contributed by atoms with E-state index >= 15 is 0 Å². The Bertz CT molecular complexity index is 1080. The quantitative estimate of drug-likeness (QED) is 0.723. The summed E-state index contributed by atoms with van der Waals surface area (Å²) < 4.78 is 27.5. The Morgan fingerprint density at radius 3 is 2.79 bits per heavy atom. The number of hydrogen-bond acceptors (Lipinski definition) is 4. The molecule has 0 bridgehead atoms. The molecule has 4 rings (SSSR count). The fourth-order valence-corrected chi connectivity index (χ4v) is 4.05. The number of fused-ring (bicyclic) bond motifs is 1. The molecule has 0 aliphatic carbocycles. The third-order valence-corrected chi connectivity index (χ3v) is 5.45. The number of para-hydroxylation sites is 1. The Morgan fingerprint density at radius 2 is 2.04 bits per heavy atom. The molecule has 6 nitrogen and oxygen atoms in total. The summed E-state index contributed by atoms with van der Waals surface area (Å²) in [7, 11) is 0. The summed E-state index contributed by atoms with van der Waals surface area (Å²) in [6.07, 6.45) is 0. The summed E-state index contributed by atoms with van der Waals surface area (Å²) in [4.78, 5) is 32.0. The number of nitrogens with zero attached hydrogens (tertiary/aromatic N) is 3. The highest BCUT2D eigenvalue weighted by molar-refractivity contribution is 7.22. The van der Waals surface area contributed by atoms with E-state index in [0.717, 1.165) is 27.9 Å². The Morgan fingerprint density at radius 1 is 1.21 bits per heavy atom. The van der Waals surface area contributed by atoms with Crippen molar-refractivity contribution in [2.45, 2.75) is 6.92 Å². The Hall–Kier alpha value is -3.07. The molecule has 1 aliphatic heterocycles. The number of halogens is 2. The molecule has 0 saturated carbocycles. The molecule has 0 unspecified atom stereocenters. The van der Waals surface area contributed by atoms with Gasteiger partial charge in [-0.25, -0.2) is 18.6 Å². The van der Waals surface area contributed by atoms with E-state index in [1.165, 1.54) is 27.2 Å². The number of carbonyl (C=O) groups excluding carboxylic acids is 2. The molecule has 2 aromatic carbocycles. The summed E-state index contributed by atoms with van der Waals surface area (Å²) >= 11 is 1.36. The van der Waals surface area contributed by atoms with E-state index in [-0.39, 0.29) is 24.7 Å². The normalized spacial score (nSPS) is 14.2. The fourth-order valence-electron chi connectivity index (χ4n) is 3.09. The number of anilines is 2. The number of thiazole rings is 1. The lowest BCUT2D eigenvalue weighted by molar-refractivity contribution is -0.116. The Labute approximate surface area is 163 Å². The summed E-state index contributed by atoms with van der Waals surface area (Å²) in [6.45, 7) is 2.40. The molecule has 3 amide bonds. The van der Waals surface area contributed by atoms with Crippen molar-refractivity contribution in [3.8, 4) is 0 Å². The van der Waals surface area contributed by atoms with Gasteiger partial charge in [-0.3, -0.25) is 9.69 Å². The fraction of sp³-hybridized carbons (Fsp3) is 0.211. The molecule has 1 aliphatic rings. The lowest BCUT2D eigenvalue weighted by Gasteiger charge is -2.18. The van der Waals surface area contributed by atoms with Crippen LogP contribution in [-0.4, -0.2) is 41.5 Å². The first-order chi connectivity index (χ1) is 13.4. The third kappa shape index (κ3) is 3.40. The van der Waals surface area contributed by atoms with E-state index in [2.05, 4.69) is 10.3 Å². The smallest absolute Gasteiger partial charge is 0.313 e. The molecular formula is C19H16F2N4O2S. The molecule has 1 N–H and O–H groups in total. The molecule has 0 radical (unpaired) electrons. The highest BCUT2D eigenvalue weighted by Gasteiger charge is 2.31. The van der Waals surface area contributed by atoms with Gasteiger partial charge >= 0.3 is 6.03 Å². The van der Waals surface area contributed by atoms with Gasteiger partial charge in [0.05, 0.1) is 10.2 Å². The van der Waals surface area contributed by atoms with Gasteiger partial charge in [0.25, 0.3) is 0 Å². The third-order valence-electron chi connectivity index (χ3n) is 4.51. The number of hydrogen-bond donors (Lipinski definition) is 1. The molecule has 9 heteroatoms.